The fourth-order valence-electron chi connectivity index (χ4n) is 6.55. The number of hydrogen-bond acceptors (Lipinski definition) is 3. The number of aliphatic hydroxyl groups is 1. The van der Waals surface area contributed by atoms with Gasteiger partial charge >= 0.3 is 0 Å². The molecule has 0 radical (unpaired) electrons. The molecule has 4 rings (SSSR count). The average Bonchev–Trinajstić information content (AvgIpc) is 2.84. The number of allylic oxidation sites excluding steroid dienone is 4. The monoisotopic (exact) mass is 359 g/mol. The summed E-state index contributed by atoms with van der Waals surface area (Å²) in [5.74, 6) is -1.89. The van der Waals surface area contributed by atoms with Crippen molar-refractivity contribution in [2.24, 2.45) is 28.6 Å². The number of ketones is 2. The van der Waals surface area contributed by atoms with Crippen LogP contribution in [0.4, 0.5) is 0 Å². The first-order valence-corrected chi connectivity index (χ1v) is 9.41. The molecular formula is C23H30O3. The minimum atomic E-state index is -2.92. The molecule has 140 valence electrons. The molecule has 0 aliphatic heterocycles. The SMILES string of the molecule is [2H]C([2H])([2H])C(=O)[C@@]1(O)C(=C)CC2C3C=C(C)C4=CC(=O)C([2H])([2H])CC4(C)C3CCC21C. The van der Waals surface area contributed by atoms with Crippen LogP contribution in [0.2, 0.25) is 0 Å². The van der Waals surface area contributed by atoms with Crippen LogP contribution in [0.5, 0.6) is 0 Å². The molecule has 4 aliphatic rings. The van der Waals surface area contributed by atoms with E-state index < -0.39 is 41.2 Å². The molecule has 4 aliphatic carbocycles. The molecule has 0 aromatic rings. The zero-order valence-corrected chi connectivity index (χ0v) is 15.7. The van der Waals surface area contributed by atoms with Crippen molar-refractivity contribution in [2.75, 3.05) is 0 Å². The molecule has 3 heteroatoms. The molecule has 0 aromatic heterocycles. The van der Waals surface area contributed by atoms with Gasteiger partial charge in [-0.1, -0.05) is 32.1 Å². The predicted molar refractivity (Wildman–Crippen MR) is 101 cm³/mol. The highest BCUT2D eigenvalue weighted by molar-refractivity contribution is 5.93. The molecule has 1 N–H and O–H groups in total. The Morgan fingerprint density at radius 3 is 2.81 bits per heavy atom. The smallest absolute Gasteiger partial charge is 0.166 e. The number of hydrogen-bond donors (Lipinski definition) is 1. The fraction of sp³-hybridized carbons (Fsp3) is 0.652. The van der Waals surface area contributed by atoms with Gasteiger partial charge in [-0.15, -0.1) is 0 Å². The standard InChI is InChI=1S/C23H30O3/c1-13-10-17-18(21(4)8-6-16(25)12-19(13)21)7-9-22(5)20(17)11-14(2)23(22,26)15(3)24/h10,12,17-18,20,26H,2,6-9,11H2,1,3-5H3/t17?,18?,20?,21?,22?,23-/m0/s1/i3D3,6D2. The van der Waals surface area contributed by atoms with Gasteiger partial charge in [-0.2, -0.15) is 0 Å². The van der Waals surface area contributed by atoms with Crippen LogP contribution in [0.1, 0.15) is 66.5 Å². The van der Waals surface area contributed by atoms with Gasteiger partial charge < -0.3 is 5.11 Å². The highest BCUT2D eigenvalue weighted by Gasteiger charge is 2.66. The van der Waals surface area contributed by atoms with Gasteiger partial charge in [0.1, 0.15) is 5.60 Å². The van der Waals surface area contributed by atoms with Crippen molar-refractivity contribution < 1.29 is 21.5 Å². The fourth-order valence-corrected chi connectivity index (χ4v) is 6.55. The first-order valence-electron chi connectivity index (χ1n) is 11.9. The van der Waals surface area contributed by atoms with Crippen LogP contribution in [0.3, 0.4) is 0 Å². The second-order valence-corrected chi connectivity index (χ2v) is 9.14. The summed E-state index contributed by atoms with van der Waals surface area (Å²) in [7, 11) is 0. The van der Waals surface area contributed by atoms with Gasteiger partial charge in [-0.25, -0.2) is 0 Å². The lowest BCUT2D eigenvalue weighted by Crippen LogP contribution is -2.57. The summed E-state index contributed by atoms with van der Waals surface area (Å²) in [5.41, 5.74) is -1.56. The first kappa shape index (κ1) is 12.8. The van der Waals surface area contributed by atoms with E-state index in [0.717, 1.165) is 11.1 Å². The molecule has 0 amide bonds. The summed E-state index contributed by atoms with van der Waals surface area (Å²) in [6.45, 7) is 6.76. The van der Waals surface area contributed by atoms with Crippen molar-refractivity contribution in [1.29, 1.82) is 0 Å². The van der Waals surface area contributed by atoms with Gasteiger partial charge in [0.05, 0.1) is 0 Å². The molecule has 0 aromatic carbocycles. The Morgan fingerprint density at radius 1 is 1.38 bits per heavy atom. The third-order valence-electron chi connectivity index (χ3n) is 8.06. The molecule has 0 spiro atoms. The quantitative estimate of drug-likeness (QED) is 0.715. The highest BCUT2D eigenvalue weighted by Crippen LogP contribution is 2.67. The lowest BCUT2D eigenvalue weighted by molar-refractivity contribution is -0.151. The van der Waals surface area contributed by atoms with Gasteiger partial charge in [0, 0.05) is 18.6 Å². The molecule has 6 atom stereocenters. The lowest BCUT2D eigenvalue weighted by atomic mass is 9.47. The van der Waals surface area contributed by atoms with E-state index in [2.05, 4.69) is 12.7 Å². The van der Waals surface area contributed by atoms with Crippen molar-refractivity contribution in [2.45, 2.75) is 65.3 Å². The number of carbonyl (C=O) groups excluding carboxylic acids is 2. The van der Waals surface area contributed by atoms with E-state index in [-0.39, 0.29) is 29.7 Å². The summed E-state index contributed by atoms with van der Waals surface area (Å²) in [6.07, 6.45) is 3.10. The normalized spacial score (nSPS) is 52.8. The summed E-state index contributed by atoms with van der Waals surface area (Å²) in [5, 5.41) is 11.5. The van der Waals surface area contributed by atoms with Gasteiger partial charge in [0.25, 0.3) is 0 Å². The number of rotatable bonds is 1. The number of Topliss-reactive ketones (excluding diaryl/α,β-unsaturated/α-hetero) is 1. The van der Waals surface area contributed by atoms with E-state index in [0.29, 0.717) is 19.3 Å². The number of carbonyl (C=O) groups is 2. The molecule has 3 nitrogen and oxygen atoms in total. The molecule has 2 fully saturated rings. The van der Waals surface area contributed by atoms with Crippen LogP contribution >= 0.6 is 0 Å². The van der Waals surface area contributed by atoms with E-state index in [9.17, 15) is 14.7 Å². The molecule has 5 unspecified atom stereocenters. The zero-order valence-electron chi connectivity index (χ0n) is 20.7. The maximum atomic E-state index is 12.9. The molecule has 0 heterocycles. The Labute approximate surface area is 163 Å². The molecule has 0 bridgehead atoms. The van der Waals surface area contributed by atoms with Crippen LogP contribution < -0.4 is 0 Å². The van der Waals surface area contributed by atoms with Crippen molar-refractivity contribution in [3.63, 3.8) is 0 Å². The predicted octanol–water partition coefficient (Wildman–Crippen LogP) is 4.17. The topological polar surface area (TPSA) is 54.4 Å². The maximum Gasteiger partial charge on any atom is 0.166 e. The van der Waals surface area contributed by atoms with Gasteiger partial charge in [-0.05, 0) is 79.8 Å². The first-order chi connectivity index (χ1) is 14.0. The van der Waals surface area contributed by atoms with Crippen LogP contribution in [0.25, 0.3) is 0 Å². The molecule has 2 saturated carbocycles. The lowest BCUT2D eigenvalue weighted by Gasteiger charge is -2.57. The van der Waals surface area contributed by atoms with Crippen LogP contribution in [-0.4, -0.2) is 22.3 Å². The zero-order chi connectivity index (χ0) is 23.4. The van der Waals surface area contributed by atoms with Crippen molar-refractivity contribution in [3.8, 4) is 0 Å². The van der Waals surface area contributed by atoms with Gasteiger partial charge in [-0.3, -0.25) is 9.59 Å². The van der Waals surface area contributed by atoms with E-state index >= 15 is 0 Å². The highest BCUT2D eigenvalue weighted by atomic mass is 16.3. The Kier molecular flexibility index (Phi) is 2.61. The van der Waals surface area contributed by atoms with E-state index in [1.54, 1.807) is 6.92 Å². The summed E-state index contributed by atoms with van der Waals surface area (Å²) >= 11 is 0. The minimum absolute atomic E-state index is 0.0294. The van der Waals surface area contributed by atoms with Crippen molar-refractivity contribution in [3.05, 3.63) is 35.5 Å². The van der Waals surface area contributed by atoms with E-state index in [1.165, 1.54) is 6.08 Å². The third-order valence-corrected chi connectivity index (χ3v) is 8.06. The summed E-state index contributed by atoms with van der Waals surface area (Å²) in [4.78, 5) is 25.2. The van der Waals surface area contributed by atoms with Crippen molar-refractivity contribution in [1.82, 2.24) is 0 Å². The molecule has 26 heavy (non-hydrogen) atoms. The van der Waals surface area contributed by atoms with Crippen LogP contribution in [-0.2, 0) is 9.59 Å². The van der Waals surface area contributed by atoms with Crippen LogP contribution in [0.15, 0.2) is 35.5 Å². The van der Waals surface area contributed by atoms with Gasteiger partial charge in [0.15, 0.2) is 11.6 Å². The Hall–Kier alpha value is -1.48. The Balaban J connectivity index is 1.83. The van der Waals surface area contributed by atoms with E-state index in [1.807, 2.05) is 13.8 Å². The van der Waals surface area contributed by atoms with Crippen molar-refractivity contribution >= 4 is 11.6 Å². The summed E-state index contributed by atoms with van der Waals surface area (Å²) in [6, 6.07) is 0. The third kappa shape index (κ3) is 1.93. The Bertz CT molecular complexity index is 961. The molecular weight excluding hydrogens is 324 g/mol. The second kappa shape index (κ2) is 5.28. The van der Waals surface area contributed by atoms with Gasteiger partial charge in [0.2, 0.25) is 0 Å². The van der Waals surface area contributed by atoms with E-state index in [4.69, 9.17) is 6.85 Å². The second-order valence-electron chi connectivity index (χ2n) is 9.14. The average molecular weight is 360 g/mol. The molecule has 0 saturated heterocycles. The van der Waals surface area contributed by atoms with Crippen LogP contribution in [0, 0.1) is 28.6 Å². The summed E-state index contributed by atoms with van der Waals surface area (Å²) < 4.78 is 39.4. The Morgan fingerprint density at radius 2 is 2.12 bits per heavy atom. The number of fused-ring (bicyclic) bond motifs is 5. The largest absolute Gasteiger partial charge is 0.377 e. The maximum absolute atomic E-state index is 12.9. The minimum Gasteiger partial charge on any atom is -0.377 e.